The topological polar surface area (TPSA) is 63.3 Å². The van der Waals surface area contributed by atoms with Crippen LogP contribution in [-0.2, 0) is 4.79 Å². The predicted molar refractivity (Wildman–Crippen MR) is 43.2 cm³/mol. The fourth-order valence-electron chi connectivity index (χ4n) is 0.596. The Labute approximate surface area is 65.0 Å². The van der Waals surface area contributed by atoms with Crippen molar-refractivity contribution in [2.75, 3.05) is 12.0 Å². The largest absolute Gasteiger partial charge is 0.481 e. The Hall–Kier alpha value is -0.220. The zero-order chi connectivity index (χ0) is 7.98. The number of carboxylic acid groups (broad SMARTS) is 1. The molecule has 0 aromatic heterocycles. The maximum absolute atomic E-state index is 10.1. The van der Waals surface area contributed by atoms with E-state index in [9.17, 15) is 4.79 Å². The fraction of sp³-hybridized carbons (Fsp3) is 0.833. The standard InChI is InChI=1S/C6H13NO2S/c1-10-3-2-5(7)4-6(8)9/h5H,2-4,7H2,1H3,(H,8,9)/t5-/m0/s1/i1-1. The van der Waals surface area contributed by atoms with Crippen molar-refractivity contribution in [3.05, 3.63) is 0 Å². The van der Waals surface area contributed by atoms with Crippen LogP contribution in [-0.4, -0.2) is 29.1 Å². The molecule has 0 aromatic rings. The summed E-state index contributed by atoms with van der Waals surface area (Å²) in [5.41, 5.74) is 5.47. The number of hydrogen-bond donors (Lipinski definition) is 2. The number of thioether (sulfide) groups is 1. The summed E-state index contributed by atoms with van der Waals surface area (Å²) < 4.78 is 0. The van der Waals surface area contributed by atoms with Crippen LogP contribution in [0.25, 0.3) is 0 Å². The molecule has 0 aliphatic carbocycles. The predicted octanol–water partition coefficient (Wildman–Crippen LogP) is 0.542. The molecule has 60 valence electrons. The monoisotopic (exact) mass is 162 g/mol. The van der Waals surface area contributed by atoms with E-state index in [1.165, 1.54) is 0 Å². The third-order valence-electron chi connectivity index (χ3n) is 1.13. The van der Waals surface area contributed by atoms with Gasteiger partial charge >= 0.3 is 5.97 Å². The molecular weight excluding hydrogens is 149 g/mol. The highest BCUT2D eigenvalue weighted by molar-refractivity contribution is 7.98. The van der Waals surface area contributed by atoms with Gasteiger partial charge in [-0.15, -0.1) is 0 Å². The molecule has 1 atom stereocenters. The lowest BCUT2D eigenvalue weighted by Crippen LogP contribution is -2.24. The smallest absolute Gasteiger partial charge is 0.304 e. The van der Waals surface area contributed by atoms with Gasteiger partial charge in [-0.1, -0.05) is 0 Å². The van der Waals surface area contributed by atoms with Gasteiger partial charge in [0.25, 0.3) is 0 Å². The van der Waals surface area contributed by atoms with Crippen LogP contribution in [0, 0.1) is 0 Å². The Morgan fingerprint density at radius 1 is 1.80 bits per heavy atom. The van der Waals surface area contributed by atoms with Crippen LogP contribution in [0.4, 0.5) is 0 Å². The molecule has 3 nitrogen and oxygen atoms in total. The molecule has 0 rings (SSSR count). The summed E-state index contributed by atoms with van der Waals surface area (Å²) in [5.74, 6) is 0.127. The van der Waals surface area contributed by atoms with E-state index in [4.69, 9.17) is 10.8 Å². The van der Waals surface area contributed by atoms with Gasteiger partial charge < -0.3 is 10.8 Å². The van der Waals surface area contributed by atoms with Crippen LogP contribution < -0.4 is 5.73 Å². The highest BCUT2D eigenvalue weighted by atomic mass is 32.2. The molecule has 3 N–H and O–H groups in total. The highest BCUT2D eigenvalue weighted by Gasteiger charge is 2.06. The molecular formula is C6H13NO2S. The average Bonchev–Trinajstić information content (AvgIpc) is 1.82. The molecule has 0 amide bonds. The average molecular weight is 162 g/mol. The van der Waals surface area contributed by atoms with Crippen LogP contribution >= 0.6 is 11.8 Å². The molecule has 0 fully saturated rings. The molecule has 0 bridgehead atoms. The summed E-state index contributed by atoms with van der Waals surface area (Å²) in [6.45, 7) is 0. The molecule has 10 heavy (non-hydrogen) atoms. The molecule has 0 heterocycles. The second-order valence-corrected chi connectivity index (χ2v) is 3.13. The minimum Gasteiger partial charge on any atom is -0.481 e. The molecule has 0 unspecified atom stereocenters. The van der Waals surface area contributed by atoms with Crippen LogP contribution in [0.15, 0.2) is 0 Å². The summed E-state index contributed by atoms with van der Waals surface area (Å²) in [4.78, 5) is 10.1. The van der Waals surface area contributed by atoms with Crippen LogP contribution in [0.3, 0.4) is 0 Å². The molecule has 0 saturated heterocycles. The molecule has 0 aliphatic heterocycles. The number of nitrogens with two attached hydrogens (primary N) is 1. The van der Waals surface area contributed by atoms with Gasteiger partial charge in [-0.25, -0.2) is 0 Å². The first-order valence-electron chi connectivity index (χ1n) is 3.13. The van der Waals surface area contributed by atoms with Crippen molar-refractivity contribution in [1.82, 2.24) is 0 Å². The van der Waals surface area contributed by atoms with Crippen LogP contribution in [0.2, 0.25) is 0 Å². The van der Waals surface area contributed by atoms with Gasteiger partial charge in [0, 0.05) is 6.04 Å². The van der Waals surface area contributed by atoms with E-state index in [-0.39, 0.29) is 12.5 Å². The third-order valence-corrected chi connectivity index (χ3v) is 1.77. The van der Waals surface area contributed by atoms with Crippen molar-refractivity contribution in [3.63, 3.8) is 0 Å². The van der Waals surface area contributed by atoms with E-state index in [1.807, 2.05) is 6.26 Å². The van der Waals surface area contributed by atoms with E-state index in [0.29, 0.717) is 0 Å². The van der Waals surface area contributed by atoms with Crippen molar-refractivity contribution in [3.8, 4) is 0 Å². The summed E-state index contributed by atoms with van der Waals surface area (Å²) in [5, 5.41) is 8.30. The van der Waals surface area contributed by atoms with Gasteiger partial charge in [0.1, 0.15) is 0 Å². The van der Waals surface area contributed by atoms with Crippen LogP contribution in [0.5, 0.6) is 0 Å². The minimum absolute atomic E-state index is 0.0839. The molecule has 0 radical (unpaired) electrons. The molecule has 0 saturated carbocycles. The lowest BCUT2D eigenvalue weighted by molar-refractivity contribution is -0.137. The Balaban J connectivity index is 3.25. The summed E-state index contributed by atoms with van der Waals surface area (Å²) in [6.07, 6.45) is 2.85. The maximum Gasteiger partial charge on any atom is 0.304 e. The summed E-state index contributed by atoms with van der Waals surface area (Å²) >= 11 is 1.68. The number of aliphatic carboxylic acids is 1. The lowest BCUT2D eigenvalue weighted by atomic mass is 10.2. The van der Waals surface area contributed by atoms with E-state index in [1.54, 1.807) is 11.8 Å². The molecule has 4 heteroatoms. The Kier molecular flexibility index (Phi) is 5.43. The normalized spacial score (nSPS) is 13.0. The number of carboxylic acids is 1. The Morgan fingerprint density at radius 3 is 2.80 bits per heavy atom. The third kappa shape index (κ3) is 5.91. The van der Waals surface area contributed by atoms with Crippen molar-refractivity contribution in [2.45, 2.75) is 18.9 Å². The summed E-state index contributed by atoms with van der Waals surface area (Å²) in [6, 6.07) is -0.176. The van der Waals surface area contributed by atoms with Gasteiger partial charge in [-0.05, 0) is 18.4 Å². The number of rotatable bonds is 5. The molecule has 0 aromatic carbocycles. The first-order chi connectivity index (χ1) is 4.66. The zero-order valence-electron chi connectivity index (χ0n) is 6.04. The van der Waals surface area contributed by atoms with E-state index in [0.717, 1.165) is 12.2 Å². The fourth-order valence-corrected chi connectivity index (χ4v) is 1.13. The van der Waals surface area contributed by atoms with Gasteiger partial charge in [0.05, 0.1) is 6.42 Å². The van der Waals surface area contributed by atoms with E-state index in [2.05, 4.69) is 0 Å². The van der Waals surface area contributed by atoms with Gasteiger partial charge in [-0.3, -0.25) is 4.79 Å². The van der Waals surface area contributed by atoms with E-state index < -0.39 is 5.97 Å². The summed E-state index contributed by atoms with van der Waals surface area (Å²) in [7, 11) is 0. The van der Waals surface area contributed by atoms with Gasteiger partial charge in [0.15, 0.2) is 0 Å². The number of carbonyl (C=O) groups is 1. The molecule has 0 aliphatic rings. The van der Waals surface area contributed by atoms with Crippen molar-refractivity contribution >= 4 is 17.7 Å². The quantitative estimate of drug-likeness (QED) is 0.619. The van der Waals surface area contributed by atoms with Crippen molar-refractivity contribution in [2.24, 2.45) is 5.73 Å². The highest BCUT2D eigenvalue weighted by Crippen LogP contribution is 2.01. The second-order valence-electron chi connectivity index (χ2n) is 2.14. The Morgan fingerprint density at radius 2 is 2.40 bits per heavy atom. The van der Waals surface area contributed by atoms with Gasteiger partial charge in [0.2, 0.25) is 0 Å². The first kappa shape index (κ1) is 9.78. The zero-order valence-corrected chi connectivity index (χ0v) is 6.86. The SMILES string of the molecule is [11CH3]SCC[C@H](N)CC(=O)O. The first-order valence-corrected chi connectivity index (χ1v) is 4.52. The van der Waals surface area contributed by atoms with Crippen molar-refractivity contribution in [1.29, 1.82) is 0 Å². The van der Waals surface area contributed by atoms with Gasteiger partial charge in [-0.2, -0.15) is 11.8 Å². The second kappa shape index (κ2) is 5.56. The molecule has 0 spiro atoms. The maximum atomic E-state index is 10.1. The van der Waals surface area contributed by atoms with E-state index >= 15 is 0 Å². The minimum atomic E-state index is -0.811. The number of hydrogen-bond acceptors (Lipinski definition) is 3. The van der Waals surface area contributed by atoms with Crippen molar-refractivity contribution < 1.29 is 9.90 Å². The Bertz CT molecular complexity index is 108. The van der Waals surface area contributed by atoms with Crippen LogP contribution in [0.1, 0.15) is 12.8 Å². The lowest BCUT2D eigenvalue weighted by Gasteiger charge is -2.05.